The zero-order valence-corrected chi connectivity index (χ0v) is 9.73. The van der Waals surface area contributed by atoms with Gasteiger partial charge >= 0.3 is 6.18 Å². The minimum Gasteiger partial charge on any atom is -0.491 e. The second-order valence-corrected chi connectivity index (χ2v) is 4.57. The summed E-state index contributed by atoms with van der Waals surface area (Å²) in [4.78, 5) is 10.9. The van der Waals surface area contributed by atoms with E-state index in [4.69, 9.17) is 4.74 Å². The summed E-state index contributed by atoms with van der Waals surface area (Å²) < 4.78 is 55.5. The summed E-state index contributed by atoms with van der Waals surface area (Å²) in [5, 5.41) is 0. The van der Waals surface area contributed by atoms with E-state index in [1.165, 1.54) is 0 Å². The van der Waals surface area contributed by atoms with Gasteiger partial charge in [0.05, 0.1) is 11.1 Å². The molecule has 2 rings (SSSR count). The minimum absolute atomic E-state index is 0.0311. The normalized spacial score (nSPS) is 19.8. The molecule has 2 nitrogen and oxygen atoms in total. The Kier molecular flexibility index (Phi) is 2.89. The number of rotatable bonds is 0. The quantitative estimate of drug-likeness (QED) is 0.543. The Morgan fingerprint density at radius 3 is 2.59 bits per heavy atom. The molecule has 0 radical (unpaired) electrons. The first-order valence-corrected chi connectivity index (χ1v) is 5.44. The predicted molar refractivity (Wildman–Crippen MR) is 53.9 cm³/mol. The van der Waals surface area contributed by atoms with Gasteiger partial charge in [-0.3, -0.25) is 4.79 Å². The zero-order valence-electron chi connectivity index (χ0n) is 8.15. The molecular formula is C10H5BrF4O2. The van der Waals surface area contributed by atoms with E-state index >= 15 is 0 Å². The number of alkyl halides is 4. The molecule has 1 aliphatic heterocycles. The predicted octanol–water partition coefficient (Wildman–Crippen LogP) is 3.18. The van der Waals surface area contributed by atoms with Gasteiger partial charge < -0.3 is 4.74 Å². The van der Waals surface area contributed by atoms with Crippen LogP contribution in [0.25, 0.3) is 0 Å². The van der Waals surface area contributed by atoms with Crippen LogP contribution in [0.4, 0.5) is 17.6 Å². The maximum Gasteiger partial charge on any atom is 0.419 e. The van der Waals surface area contributed by atoms with Crippen LogP contribution in [0.1, 0.15) is 15.9 Å². The van der Waals surface area contributed by atoms with Crippen LogP contribution in [-0.4, -0.2) is 17.2 Å². The molecule has 0 saturated carbocycles. The SMILES string of the molecule is O=C1c2cc(C(F)(F)F)c(F)cc2OCC1Br. The Balaban J connectivity index is 2.58. The van der Waals surface area contributed by atoms with Gasteiger partial charge in [0.15, 0.2) is 5.78 Å². The fourth-order valence-corrected chi connectivity index (χ4v) is 1.87. The van der Waals surface area contributed by atoms with Crippen molar-refractivity contribution in [2.24, 2.45) is 0 Å². The van der Waals surface area contributed by atoms with Gasteiger partial charge in [-0.1, -0.05) is 15.9 Å². The van der Waals surface area contributed by atoms with Crippen LogP contribution in [0.3, 0.4) is 0 Å². The molecule has 1 unspecified atom stereocenters. The van der Waals surface area contributed by atoms with Gasteiger partial charge in [0, 0.05) is 6.07 Å². The first-order valence-electron chi connectivity index (χ1n) is 4.52. The highest BCUT2D eigenvalue weighted by molar-refractivity contribution is 9.10. The van der Waals surface area contributed by atoms with Crippen molar-refractivity contribution in [2.75, 3.05) is 6.61 Å². The lowest BCUT2D eigenvalue weighted by Gasteiger charge is -2.21. The molecule has 0 fully saturated rings. The standard InChI is InChI=1S/C10H5BrF4O2/c11-6-3-17-8-2-7(12)5(10(13,14)15)1-4(8)9(6)16/h1-2,6H,3H2. The topological polar surface area (TPSA) is 26.3 Å². The van der Waals surface area contributed by atoms with Crippen LogP contribution in [0.2, 0.25) is 0 Å². The Hall–Kier alpha value is -1.11. The van der Waals surface area contributed by atoms with Gasteiger partial charge in [-0.15, -0.1) is 0 Å². The number of hydrogen-bond donors (Lipinski definition) is 0. The fourth-order valence-electron chi connectivity index (χ4n) is 1.49. The van der Waals surface area contributed by atoms with Crippen molar-refractivity contribution in [3.63, 3.8) is 0 Å². The van der Waals surface area contributed by atoms with Crippen LogP contribution >= 0.6 is 15.9 Å². The van der Waals surface area contributed by atoms with Gasteiger partial charge in [-0.25, -0.2) is 4.39 Å². The van der Waals surface area contributed by atoms with E-state index in [1.807, 2.05) is 0 Å². The Bertz CT molecular complexity index is 484. The Morgan fingerprint density at radius 1 is 1.35 bits per heavy atom. The largest absolute Gasteiger partial charge is 0.491 e. The molecule has 0 N–H and O–H groups in total. The average molecular weight is 313 g/mol. The Labute approximate surface area is 102 Å². The molecule has 1 aromatic rings. The molecule has 1 atom stereocenters. The summed E-state index contributed by atoms with van der Waals surface area (Å²) in [5.41, 5.74) is -1.72. The minimum atomic E-state index is -4.83. The molecule has 17 heavy (non-hydrogen) atoms. The molecule has 0 amide bonds. The number of hydrogen-bond acceptors (Lipinski definition) is 2. The highest BCUT2D eigenvalue weighted by atomic mass is 79.9. The van der Waals surface area contributed by atoms with Crippen LogP contribution in [0, 0.1) is 5.82 Å². The molecule has 1 heterocycles. The highest BCUT2D eigenvalue weighted by Crippen LogP contribution is 2.37. The second-order valence-electron chi connectivity index (χ2n) is 3.47. The molecule has 1 aromatic carbocycles. The average Bonchev–Trinajstić information content (AvgIpc) is 2.21. The number of benzene rings is 1. The van der Waals surface area contributed by atoms with Gasteiger partial charge in [-0.2, -0.15) is 13.2 Å². The maximum absolute atomic E-state index is 13.2. The molecule has 0 saturated heterocycles. The van der Waals surface area contributed by atoms with Gasteiger partial charge in [0.2, 0.25) is 0 Å². The third kappa shape index (κ3) is 2.15. The molecule has 0 spiro atoms. The van der Waals surface area contributed by atoms with Crippen molar-refractivity contribution in [3.8, 4) is 5.75 Å². The first kappa shape index (κ1) is 12.3. The number of ether oxygens (including phenoxy) is 1. The van der Waals surface area contributed by atoms with Crippen molar-refractivity contribution in [1.29, 1.82) is 0 Å². The summed E-state index contributed by atoms with van der Waals surface area (Å²) in [5.74, 6) is -2.15. The van der Waals surface area contributed by atoms with Crippen LogP contribution < -0.4 is 4.74 Å². The second kappa shape index (κ2) is 3.97. The lowest BCUT2D eigenvalue weighted by Crippen LogP contribution is -2.28. The molecule has 0 aromatic heterocycles. The third-order valence-corrected chi connectivity index (χ3v) is 2.99. The summed E-state index contributed by atoms with van der Waals surface area (Å²) in [6.45, 7) is -0.0311. The Morgan fingerprint density at radius 2 is 2.00 bits per heavy atom. The third-order valence-electron chi connectivity index (χ3n) is 2.31. The molecule has 1 aliphatic rings. The van der Waals surface area contributed by atoms with E-state index < -0.39 is 28.2 Å². The van der Waals surface area contributed by atoms with E-state index in [1.54, 1.807) is 0 Å². The van der Waals surface area contributed by atoms with Gasteiger partial charge in [-0.05, 0) is 6.07 Å². The van der Waals surface area contributed by atoms with E-state index in [0.717, 1.165) is 0 Å². The summed E-state index contributed by atoms with van der Waals surface area (Å²) in [6, 6.07) is 1.08. The van der Waals surface area contributed by atoms with Crippen molar-refractivity contribution in [1.82, 2.24) is 0 Å². The van der Waals surface area contributed by atoms with Gasteiger partial charge in [0.1, 0.15) is 23.0 Å². The maximum atomic E-state index is 13.2. The molecule has 7 heteroatoms. The monoisotopic (exact) mass is 312 g/mol. The number of ketones is 1. The van der Waals surface area contributed by atoms with Crippen LogP contribution in [0.15, 0.2) is 12.1 Å². The van der Waals surface area contributed by atoms with E-state index in [2.05, 4.69) is 15.9 Å². The van der Waals surface area contributed by atoms with E-state index in [9.17, 15) is 22.4 Å². The molecule has 0 aliphatic carbocycles. The summed E-state index contributed by atoms with van der Waals surface area (Å²) in [7, 11) is 0. The van der Waals surface area contributed by atoms with Crippen molar-refractivity contribution in [3.05, 3.63) is 29.1 Å². The first-order chi connectivity index (χ1) is 7.80. The van der Waals surface area contributed by atoms with Crippen molar-refractivity contribution < 1.29 is 27.1 Å². The molecule has 0 bridgehead atoms. The summed E-state index contributed by atoms with van der Waals surface area (Å²) in [6.07, 6.45) is -4.83. The lowest BCUT2D eigenvalue weighted by atomic mass is 10.0. The van der Waals surface area contributed by atoms with E-state index in [-0.39, 0.29) is 17.9 Å². The van der Waals surface area contributed by atoms with E-state index in [0.29, 0.717) is 12.1 Å². The fraction of sp³-hybridized carbons (Fsp3) is 0.300. The molecular weight excluding hydrogens is 308 g/mol. The lowest BCUT2D eigenvalue weighted by molar-refractivity contribution is -0.140. The number of carbonyl (C=O) groups is 1. The molecule has 92 valence electrons. The zero-order chi connectivity index (χ0) is 12.8. The van der Waals surface area contributed by atoms with Gasteiger partial charge in [0.25, 0.3) is 0 Å². The number of halogens is 5. The highest BCUT2D eigenvalue weighted by Gasteiger charge is 2.37. The van der Waals surface area contributed by atoms with Crippen molar-refractivity contribution in [2.45, 2.75) is 11.0 Å². The van der Waals surface area contributed by atoms with Crippen molar-refractivity contribution >= 4 is 21.7 Å². The smallest absolute Gasteiger partial charge is 0.419 e. The number of carbonyl (C=O) groups excluding carboxylic acids is 1. The van der Waals surface area contributed by atoms with Crippen LogP contribution in [0.5, 0.6) is 5.75 Å². The van der Waals surface area contributed by atoms with Crippen LogP contribution in [-0.2, 0) is 6.18 Å². The summed E-state index contributed by atoms with van der Waals surface area (Å²) >= 11 is 2.97. The number of Topliss-reactive ketones (excluding diaryl/α,β-unsaturated/α-hetero) is 1. The number of fused-ring (bicyclic) bond motifs is 1.